The number of hydrogen-bond donors (Lipinski definition) is 1. The van der Waals surface area contributed by atoms with Crippen molar-refractivity contribution in [2.24, 2.45) is 0 Å². The van der Waals surface area contributed by atoms with Gasteiger partial charge < -0.3 is 4.98 Å². The van der Waals surface area contributed by atoms with E-state index in [1.165, 1.54) is 5.39 Å². The van der Waals surface area contributed by atoms with Crippen LogP contribution in [-0.4, -0.2) is 34.1 Å². The molecule has 0 aliphatic rings. The van der Waals surface area contributed by atoms with E-state index in [1.54, 1.807) is 0 Å². The van der Waals surface area contributed by atoms with Gasteiger partial charge in [-0.3, -0.25) is 9.13 Å². The minimum atomic E-state index is 0.588. The highest BCUT2D eigenvalue weighted by atomic mass is 15.2. The number of nitrogens with one attached hydrogen (secondary N) is 1. The highest BCUT2D eigenvalue weighted by molar-refractivity contribution is 6.24. The summed E-state index contributed by atoms with van der Waals surface area (Å²) in [4.78, 5) is 24.3. The van der Waals surface area contributed by atoms with E-state index in [9.17, 15) is 0 Å². The molecule has 266 valence electrons. The zero-order valence-electron chi connectivity index (χ0n) is 30.6. The number of aromatic nitrogens is 7. The van der Waals surface area contributed by atoms with Crippen molar-refractivity contribution in [2.75, 3.05) is 0 Å². The van der Waals surface area contributed by atoms with Gasteiger partial charge >= 0.3 is 0 Å². The molecule has 4 heterocycles. The van der Waals surface area contributed by atoms with E-state index >= 15 is 0 Å². The van der Waals surface area contributed by atoms with Crippen LogP contribution in [0, 0.1) is 0 Å². The Morgan fingerprint density at radius 2 is 1.20 bits per heavy atom. The van der Waals surface area contributed by atoms with Gasteiger partial charge in [0.2, 0.25) is 0 Å². The Kier molecular flexibility index (Phi) is 8.03. The number of para-hydroxylation sites is 2. The molecular formula is C49H35N7. The second-order valence-electron chi connectivity index (χ2n) is 13.6. The van der Waals surface area contributed by atoms with E-state index in [-0.39, 0.29) is 0 Å². The van der Waals surface area contributed by atoms with Crippen molar-refractivity contribution in [1.82, 2.24) is 34.1 Å². The van der Waals surface area contributed by atoms with Gasteiger partial charge in [-0.05, 0) is 43.3 Å². The fourth-order valence-corrected chi connectivity index (χ4v) is 7.75. The molecule has 7 nitrogen and oxygen atoms in total. The Bertz CT molecular complexity index is 3090. The number of fused-ring (bicyclic) bond motifs is 7. The van der Waals surface area contributed by atoms with Gasteiger partial charge in [-0.2, -0.15) is 0 Å². The molecule has 10 rings (SSSR count). The van der Waals surface area contributed by atoms with Crippen LogP contribution in [0.15, 0.2) is 183 Å². The molecule has 0 fully saturated rings. The minimum absolute atomic E-state index is 0.588. The van der Waals surface area contributed by atoms with Crippen molar-refractivity contribution < 1.29 is 0 Å². The molecule has 7 heteroatoms. The first-order valence-corrected chi connectivity index (χ1v) is 18.7. The van der Waals surface area contributed by atoms with Gasteiger partial charge in [-0.25, -0.2) is 19.9 Å². The fraction of sp³-hybridized carbons (Fsp3) is 0.0204. The number of benzene rings is 6. The van der Waals surface area contributed by atoms with E-state index in [1.807, 2.05) is 91.9 Å². The second kappa shape index (κ2) is 13.6. The Balaban J connectivity index is 1.28. The van der Waals surface area contributed by atoms with Crippen LogP contribution in [0.1, 0.15) is 12.7 Å². The van der Waals surface area contributed by atoms with Gasteiger partial charge in [0.15, 0.2) is 23.1 Å². The maximum atomic E-state index is 5.51. The number of aromatic amines is 1. The summed E-state index contributed by atoms with van der Waals surface area (Å²) in [7, 11) is 0. The molecule has 4 aromatic heterocycles. The quantitative estimate of drug-likeness (QED) is 0.158. The van der Waals surface area contributed by atoms with Crippen LogP contribution in [0.2, 0.25) is 0 Å². The topological polar surface area (TPSA) is 77.2 Å². The van der Waals surface area contributed by atoms with Crippen molar-refractivity contribution in [2.45, 2.75) is 6.92 Å². The van der Waals surface area contributed by atoms with E-state index in [2.05, 4.69) is 112 Å². The molecular weight excluding hydrogens is 687 g/mol. The summed E-state index contributed by atoms with van der Waals surface area (Å²) in [5, 5.41) is 3.42. The lowest BCUT2D eigenvalue weighted by atomic mass is 10.1. The maximum Gasteiger partial charge on any atom is 0.165 e. The van der Waals surface area contributed by atoms with Gasteiger partial charge in [0.1, 0.15) is 11.3 Å². The van der Waals surface area contributed by atoms with Gasteiger partial charge in [0, 0.05) is 49.9 Å². The number of allylic oxidation sites excluding steroid dienone is 5. The predicted octanol–water partition coefficient (Wildman–Crippen LogP) is 11.9. The van der Waals surface area contributed by atoms with Crippen LogP contribution in [0.25, 0.3) is 95.0 Å². The summed E-state index contributed by atoms with van der Waals surface area (Å²) < 4.78 is 4.54. The molecule has 0 aliphatic carbocycles. The SMILES string of the molecule is C=C/C=C(\C=C/C)c1nc2c(c3c4[nH]c5ccccc5c4ccc3n2-c2cccc(-c3nc(-c4ccccc4)nc(-c4ccccc4)n3)c2)n1-c1ccccc1. The Labute approximate surface area is 323 Å². The minimum Gasteiger partial charge on any atom is -0.354 e. The van der Waals surface area contributed by atoms with E-state index in [4.69, 9.17) is 19.9 Å². The molecule has 1 N–H and O–H groups in total. The fourth-order valence-electron chi connectivity index (χ4n) is 7.75. The standard InChI is InChI=1S/C49H35N7/c1-3-17-34(18-4-2)48-54-49-44(56(48)36-24-12-7-13-25-36)42-41(30-29-39-38-27-14-15-28-40(38)50-43(39)42)55(49)37-26-16-23-35(31-37)47-52-45(32-19-8-5-9-20-32)51-46(53-47)33-21-10-6-11-22-33/h3-31,50H,1H2,2H3/b18-4-,34-17+. The molecule has 0 spiro atoms. The van der Waals surface area contributed by atoms with Gasteiger partial charge in [0.25, 0.3) is 0 Å². The number of rotatable bonds is 8. The smallest absolute Gasteiger partial charge is 0.165 e. The molecule has 0 saturated carbocycles. The van der Waals surface area contributed by atoms with Crippen LogP contribution >= 0.6 is 0 Å². The van der Waals surface area contributed by atoms with Crippen molar-refractivity contribution in [1.29, 1.82) is 0 Å². The van der Waals surface area contributed by atoms with Crippen LogP contribution in [0.5, 0.6) is 0 Å². The molecule has 0 bridgehead atoms. The van der Waals surface area contributed by atoms with Crippen LogP contribution < -0.4 is 0 Å². The summed E-state index contributed by atoms with van der Waals surface area (Å²) in [6.45, 7) is 6.07. The molecule has 0 unspecified atom stereocenters. The largest absolute Gasteiger partial charge is 0.354 e. The summed E-state index contributed by atoms with van der Waals surface area (Å²) in [6, 6.07) is 51.9. The highest BCUT2D eigenvalue weighted by Crippen LogP contribution is 2.42. The van der Waals surface area contributed by atoms with Crippen molar-refractivity contribution in [3.8, 4) is 45.5 Å². The summed E-state index contributed by atoms with van der Waals surface area (Å²) >= 11 is 0. The molecule has 0 atom stereocenters. The average Bonchev–Trinajstić information content (AvgIpc) is 3.93. The maximum absolute atomic E-state index is 5.51. The van der Waals surface area contributed by atoms with Crippen LogP contribution in [-0.2, 0) is 0 Å². The van der Waals surface area contributed by atoms with Gasteiger partial charge in [0.05, 0.1) is 16.4 Å². The Morgan fingerprint density at radius 3 is 1.88 bits per heavy atom. The number of imidazole rings is 1. The molecule has 56 heavy (non-hydrogen) atoms. The summed E-state index contributed by atoms with van der Waals surface area (Å²) in [5.74, 6) is 2.64. The van der Waals surface area contributed by atoms with E-state index in [0.29, 0.717) is 17.5 Å². The van der Waals surface area contributed by atoms with Crippen molar-refractivity contribution >= 4 is 49.4 Å². The second-order valence-corrected chi connectivity index (χ2v) is 13.6. The average molecular weight is 722 g/mol. The highest BCUT2D eigenvalue weighted by Gasteiger charge is 2.26. The Morgan fingerprint density at radius 1 is 0.589 bits per heavy atom. The van der Waals surface area contributed by atoms with Crippen LogP contribution in [0.4, 0.5) is 0 Å². The molecule has 0 aliphatic heterocycles. The Hall–Kier alpha value is -7.64. The molecule has 0 saturated heterocycles. The number of hydrogen-bond acceptors (Lipinski definition) is 4. The van der Waals surface area contributed by atoms with Crippen molar-refractivity contribution in [3.05, 3.63) is 188 Å². The lowest BCUT2D eigenvalue weighted by Crippen LogP contribution is -2.01. The summed E-state index contributed by atoms with van der Waals surface area (Å²) in [6.07, 6.45) is 7.96. The van der Waals surface area contributed by atoms with Crippen molar-refractivity contribution in [3.63, 3.8) is 0 Å². The molecule has 0 amide bonds. The number of H-pyrrole nitrogens is 1. The third-order valence-corrected chi connectivity index (χ3v) is 10.2. The van der Waals surface area contributed by atoms with Crippen LogP contribution in [0.3, 0.4) is 0 Å². The third-order valence-electron chi connectivity index (χ3n) is 10.2. The monoisotopic (exact) mass is 721 g/mol. The zero-order chi connectivity index (χ0) is 37.6. The first-order valence-electron chi connectivity index (χ1n) is 18.7. The third kappa shape index (κ3) is 5.44. The normalized spacial score (nSPS) is 12.1. The van der Waals surface area contributed by atoms with E-state index in [0.717, 1.165) is 77.9 Å². The molecule has 0 radical (unpaired) electrons. The number of nitrogens with zero attached hydrogens (tertiary/aromatic N) is 6. The zero-order valence-corrected chi connectivity index (χ0v) is 30.6. The van der Waals surface area contributed by atoms with E-state index < -0.39 is 0 Å². The first-order chi connectivity index (χ1) is 27.7. The summed E-state index contributed by atoms with van der Waals surface area (Å²) in [5.41, 5.74) is 10.6. The molecule has 6 aromatic carbocycles. The lowest BCUT2D eigenvalue weighted by molar-refractivity contribution is 1.05. The van der Waals surface area contributed by atoms with Gasteiger partial charge in [-0.15, -0.1) is 0 Å². The first kappa shape index (κ1) is 33.0. The lowest BCUT2D eigenvalue weighted by Gasteiger charge is -2.12. The predicted molar refractivity (Wildman–Crippen MR) is 230 cm³/mol. The van der Waals surface area contributed by atoms with Gasteiger partial charge in [-0.1, -0.05) is 146 Å². The molecule has 10 aromatic rings.